The molecule has 1 aromatic heterocycles. The zero-order valence-electron chi connectivity index (χ0n) is 12.3. The lowest BCUT2D eigenvalue weighted by atomic mass is 10.1. The van der Waals surface area contributed by atoms with E-state index in [-0.39, 0.29) is 5.69 Å². The van der Waals surface area contributed by atoms with Crippen molar-refractivity contribution in [2.45, 2.75) is 41.7 Å². The number of nitrogens with one attached hydrogen (secondary N) is 1. The number of thioether (sulfide) groups is 2. The van der Waals surface area contributed by atoms with Gasteiger partial charge in [-0.25, -0.2) is 4.79 Å². The van der Waals surface area contributed by atoms with Crippen LogP contribution in [0.3, 0.4) is 0 Å². The second-order valence-electron chi connectivity index (χ2n) is 5.48. The van der Waals surface area contributed by atoms with E-state index in [0.717, 1.165) is 17.4 Å². The molecule has 4 nitrogen and oxygen atoms in total. The van der Waals surface area contributed by atoms with Gasteiger partial charge in [0.15, 0.2) is 10.3 Å². The van der Waals surface area contributed by atoms with Crippen LogP contribution in [0.1, 0.15) is 31.2 Å². The number of aromatic amines is 1. The van der Waals surface area contributed by atoms with Gasteiger partial charge in [0.1, 0.15) is 0 Å². The van der Waals surface area contributed by atoms with Crippen molar-refractivity contribution in [3.8, 4) is 0 Å². The molecule has 0 radical (unpaired) electrons. The first-order chi connectivity index (χ1) is 10.8. The molecule has 22 heavy (non-hydrogen) atoms. The molecule has 0 aliphatic heterocycles. The summed E-state index contributed by atoms with van der Waals surface area (Å²) in [4.78, 5) is 22.9. The molecule has 2 aromatic rings. The highest BCUT2D eigenvalue weighted by atomic mass is 32.2. The highest BCUT2D eigenvalue weighted by Crippen LogP contribution is 2.30. The van der Waals surface area contributed by atoms with Crippen LogP contribution in [0.4, 0.5) is 0 Å². The fourth-order valence-corrected chi connectivity index (χ4v) is 4.46. The van der Waals surface area contributed by atoms with Gasteiger partial charge >= 0.3 is 5.69 Å². The van der Waals surface area contributed by atoms with Gasteiger partial charge in [0.05, 0.1) is 0 Å². The second-order valence-corrected chi connectivity index (χ2v) is 7.43. The molecule has 0 bridgehead atoms. The zero-order valence-corrected chi connectivity index (χ0v) is 14.0. The Morgan fingerprint density at radius 3 is 2.64 bits per heavy atom. The third kappa shape index (κ3) is 4.61. The first kappa shape index (κ1) is 15.6. The Labute approximate surface area is 138 Å². The predicted octanol–water partition coefficient (Wildman–Crippen LogP) is 3.74. The number of H-pyrrole nitrogens is 1. The van der Waals surface area contributed by atoms with E-state index in [1.54, 1.807) is 11.8 Å². The summed E-state index contributed by atoms with van der Waals surface area (Å²) in [7, 11) is 0. The van der Waals surface area contributed by atoms with E-state index in [0.29, 0.717) is 10.3 Å². The minimum Gasteiger partial charge on any atom is -0.285 e. The molecule has 6 heteroatoms. The topological polar surface area (TPSA) is 58.6 Å². The first-order valence-corrected chi connectivity index (χ1v) is 9.54. The monoisotopic (exact) mass is 333 g/mol. The van der Waals surface area contributed by atoms with Crippen LogP contribution < -0.4 is 5.69 Å². The quantitative estimate of drug-likeness (QED) is 0.816. The molecule has 1 aliphatic rings. The molecule has 0 spiro atoms. The largest absolute Gasteiger partial charge is 0.349 e. The number of aromatic nitrogens is 3. The number of nitrogens with zero attached hydrogens (tertiary/aromatic N) is 2. The van der Waals surface area contributed by atoms with Crippen molar-refractivity contribution in [3.63, 3.8) is 0 Å². The van der Waals surface area contributed by atoms with Crippen LogP contribution in [0.15, 0.2) is 45.4 Å². The number of benzene rings is 1. The van der Waals surface area contributed by atoms with Crippen molar-refractivity contribution in [3.05, 3.63) is 46.4 Å². The van der Waals surface area contributed by atoms with Gasteiger partial charge in [-0.1, -0.05) is 66.7 Å². The average Bonchev–Trinajstić information content (AvgIpc) is 3.05. The molecule has 1 aliphatic carbocycles. The SMILES string of the molecule is O=c1nc(SCc2ccccc2)nc(SCC2CCCC2)[nH]1. The van der Waals surface area contributed by atoms with Crippen molar-refractivity contribution in [1.29, 1.82) is 0 Å². The molecule has 0 atom stereocenters. The van der Waals surface area contributed by atoms with Gasteiger partial charge in [-0.15, -0.1) is 0 Å². The van der Waals surface area contributed by atoms with E-state index in [2.05, 4.69) is 27.1 Å². The zero-order chi connectivity index (χ0) is 15.2. The lowest BCUT2D eigenvalue weighted by molar-refractivity contribution is 0.621. The standard InChI is InChI=1S/C16H19N3OS2/c20-14-17-15(21-10-12-6-2-1-3-7-12)19-16(18-14)22-11-13-8-4-5-9-13/h1-3,6-7,13H,4-5,8-11H2,(H,17,18,19,20). The van der Waals surface area contributed by atoms with Crippen LogP contribution in [-0.4, -0.2) is 20.7 Å². The number of rotatable bonds is 6. The molecule has 1 aromatic carbocycles. The maximum absolute atomic E-state index is 11.7. The minimum atomic E-state index is -0.306. The Morgan fingerprint density at radius 1 is 1.09 bits per heavy atom. The fraction of sp³-hybridized carbons (Fsp3) is 0.438. The summed E-state index contributed by atoms with van der Waals surface area (Å²) in [5.74, 6) is 2.58. The van der Waals surface area contributed by atoms with Gasteiger partial charge < -0.3 is 0 Å². The summed E-state index contributed by atoms with van der Waals surface area (Å²) >= 11 is 3.15. The molecule has 1 N–H and O–H groups in total. The van der Waals surface area contributed by atoms with E-state index >= 15 is 0 Å². The predicted molar refractivity (Wildman–Crippen MR) is 91.3 cm³/mol. The highest BCUT2D eigenvalue weighted by Gasteiger charge is 2.16. The smallest absolute Gasteiger partial charge is 0.285 e. The molecule has 0 amide bonds. The Balaban J connectivity index is 1.60. The third-order valence-corrected chi connectivity index (χ3v) is 5.77. The molecule has 1 fully saturated rings. The van der Waals surface area contributed by atoms with E-state index in [9.17, 15) is 4.79 Å². The van der Waals surface area contributed by atoms with Gasteiger partial charge in [0.2, 0.25) is 0 Å². The average molecular weight is 333 g/mol. The van der Waals surface area contributed by atoms with E-state index < -0.39 is 0 Å². The normalized spacial score (nSPS) is 15.3. The maximum atomic E-state index is 11.7. The van der Waals surface area contributed by atoms with Gasteiger partial charge in [-0.05, 0) is 24.3 Å². The summed E-state index contributed by atoms with van der Waals surface area (Å²) in [6.45, 7) is 0. The third-order valence-electron chi connectivity index (χ3n) is 3.75. The summed E-state index contributed by atoms with van der Waals surface area (Å²) < 4.78 is 0. The maximum Gasteiger partial charge on any atom is 0.349 e. The number of hydrogen-bond donors (Lipinski definition) is 1. The van der Waals surface area contributed by atoms with Gasteiger partial charge in [-0.2, -0.15) is 9.97 Å². The molecule has 0 saturated heterocycles. The van der Waals surface area contributed by atoms with E-state index in [4.69, 9.17) is 0 Å². The molecule has 1 saturated carbocycles. The van der Waals surface area contributed by atoms with Crippen LogP contribution in [0.25, 0.3) is 0 Å². The molecule has 1 heterocycles. The van der Waals surface area contributed by atoms with Crippen molar-refractivity contribution in [2.75, 3.05) is 5.75 Å². The van der Waals surface area contributed by atoms with Crippen LogP contribution in [0.5, 0.6) is 0 Å². The van der Waals surface area contributed by atoms with Crippen molar-refractivity contribution >= 4 is 23.5 Å². The Kier molecular flexibility index (Phi) is 5.56. The van der Waals surface area contributed by atoms with Gasteiger partial charge in [0, 0.05) is 11.5 Å². The summed E-state index contributed by atoms with van der Waals surface area (Å²) in [5.41, 5.74) is 0.899. The molecule has 0 unspecified atom stereocenters. The molecular weight excluding hydrogens is 314 g/mol. The van der Waals surface area contributed by atoms with Crippen molar-refractivity contribution in [1.82, 2.24) is 15.0 Å². The summed E-state index contributed by atoms with van der Waals surface area (Å²) in [6, 6.07) is 10.1. The van der Waals surface area contributed by atoms with Gasteiger partial charge in [0.25, 0.3) is 0 Å². The van der Waals surface area contributed by atoms with Crippen molar-refractivity contribution < 1.29 is 0 Å². The second kappa shape index (κ2) is 7.83. The lowest BCUT2D eigenvalue weighted by Crippen LogP contribution is -2.14. The first-order valence-electron chi connectivity index (χ1n) is 7.57. The van der Waals surface area contributed by atoms with Crippen LogP contribution >= 0.6 is 23.5 Å². The highest BCUT2D eigenvalue weighted by molar-refractivity contribution is 7.99. The lowest BCUT2D eigenvalue weighted by Gasteiger charge is -2.07. The molecule has 3 rings (SSSR count). The summed E-state index contributed by atoms with van der Waals surface area (Å²) in [5, 5.41) is 1.25. The van der Waals surface area contributed by atoms with E-state index in [1.165, 1.54) is 43.0 Å². The molecular formula is C16H19N3OS2. The van der Waals surface area contributed by atoms with Crippen LogP contribution in [0.2, 0.25) is 0 Å². The van der Waals surface area contributed by atoms with Crippen molar-refractivity contribution in [2.24, 2.45) is 5.92 Å². The Morgan fingerprint density at radius 2 is 1.86 bits per heavy atom. The Bertz CT molecular complexity index is 654. The number of hydrogen-bond acceptors (Lipinski definition) is 5. The molecule has 116 valence electrons. The van der Waals surface area contributed by atoms with Crippen LogP contribution in [0, 0.1) is 5.92 Å². The fourth-order valence-electron chi connectivity index (χ4n) is 2.57. The Hall–Kier alpha value is -1.27. The van der Waals surface area contributed by atoms with Gasteiger partial charge in [-0.3, -0.25) is 4.98 Å². The van der Waals surface area contributed by atoms with E-state index in [1.807, 2.05) is 18.2 Å². The van der Waals surface area contributed by atoms with Crippen LogP contribution in [-0.2, 0) is 5.75 Å². The summed E-state index contributed by atoms with van der Waals surface area (Å²) in [6.07, 6.45) is 5.28. The minimum absolute atomic E-state index is 0.306.